The number of carbonyl (C=O) groups excluding carboxylic acids is 1. The van der Waals surface area contributed by atoms with E-state index in [2.05, 4.69) is 5.32 Å². The summed E-state index contributed by atoms with van der Waals surface area (Å²) in [5, 5.41) is 2.96. The summed E-state index contributed by atoms with van der Waals surface area (Å²) in [5.74, 6) is 0.297. The van der Waals surface area contributed by atoms with E-state index in [0.717, 1.165) is 6.07 Å². The van der Waals surface area contributed by atoms with Crippen LogP contribution < -0.4 is 15.6 Å². The van der Waals surface area contributed by atoms with Gasteiger partial charge in [-0.1, -0.05) is 23.7 Å². The summed E-state index contributed by atoms with van der Waals surface area (Å²) in [7, 11) is 0. The molecule has 1 heterocycles. The molecule has 9 heteroatoms. The number of amides is 1. The molecule has 0 fully saturated rings. The fourth-order valence-electron chi connectivity index (χ4n) is 2.44. The summed E-state index contributed by atoms with van der Waals surface area (Å²) in [6.07, 6.45) is -3.99. The van der Waals surface area contributed by atoms with Gasteiger partial charge in [0.2, 0.25) is 5.91 Å². The normalized spacial score (nSPS) is 11.2. The van der Waals surface area contributed by atoms with E-state index in [0.29, 0.717) is 39.0 Å². The molecule has 0 saturated carbocycles. The van der Waals surface area contributed by atoms with Crippen LogP contribution in [-0.4, -0.2) is 10.5 Å². The van der Waals surface area contributed by atoms with Gasteiger partial charge in [0.25, 0.3) is 5.56 Å². The molecular formula is C20H14ClF3N2O3. The van der Waals surface area contributed by atoms with Crippen LogP contribution in [0.5, 0.6) is 11.5 Å². The second-order valence-electron chi connectivity index (χ2n) is 5.99. The molecule has 0 aliphatic rings. The van der Waals surface area contributed by atoms with E-state index in [1.54, 1.807) is 48.5 Å². The number of ether oxygens (including phenoxy) is 1. The molecule has 3 rings (SSSR count). The van der Waals surface area contributed by atoms with Crippen LogP contribution in [0.3, 0.4) is 0 Å². The number of nitrogens with zero attached hydrogens (tertiary/aromatic N) is 1. The largest absolute Gasteiger partial charge is 0.456 e. The maximum atomic E-state index is 12.8. The number of para-hydroxylation sites is 1. The summed E-state index contributed by atoms with van der Waals surface area (Å²) < 4.78 is 44.6. The van der Waals surface area contributed by atoms with Crippen LogP contribution >= 0.6 is 11.6 Å². The number of benzene rings is 2. The highest BCUT2D eigenvalue weighted by Crippen LogP contribution is 2.29. The van der Waals surface area contributed by atoms with Gasteiger partial charge >= 0.3 is 6.18 Å². The molecule has 0 atom stereocenters. The van der Waals surface area contributed by atoms with Crippen molar-refractivity contribution in [3.8, 4) is 11.5 Å². The first-order valence-corrected chi connectivity index (χ1v) is 8.70. The Bertz CT molecular complexity index is 1080. The number of halogens is 4. The first kappa shape index (κ1) is 20.5. The standard InChI is InChI=1S/C20H14ClF3N2O3/c21-16-3-1-2-4-17(16)29-15-8-6-14(7-9-15)25-18(27)12-26-11-13(20(22,23)24)5-10-19(26)28/h1-11H,12H2,(H,25,27). The number of rotatable bonds is 5. The Morgan fingerprint density at radius 3 is 2.38 bits per heavy atom. The third-order valence-electron chi connectivity index (χ3n) is 3.83. The van der Waals surface area contributed by atoms with E-state index in [4.69, 9.17) is 16.3 Å². The smallest absolute Gasteiger partial charge is 0.417 e. The zero-order chi connectivity index (χ0) is 21.0. The average Bonchev–Trinajstić information content (AvgIpc) is 2.66. The van der Waals surface area contributed by atoms with Crippen molar-refractivity contribution in [2.45, 2.75) is 12.7 Å². The van der Waals surface area contributed by atoms with Gasteiger partial charge in [-0.15, -0.1) is 0 Å². The van der Waals surface area contributed by atoms with Gasteiger partial charge in [0, 0.05) is 18.0 Å². The van der Waals surface area contributed by atoms with Gasteiger partial charge in [-0.25, -0.2) is 0 Å². The molecule has 0 unspecified atom stereocenters. The number of alkyl halides is 3. The van der Waals surface area contributed by atoms with Crippen molar-refractivity contribution < 1.29 is 22.7 Å². The quantitative estimate of drug-likeness (QED) is 0.632. The SMILES string of the molecule is O=C(Cn1cc(C(F)(F)F)ccc1=O)Nc1ccc(Oc2ccccc2Cl)cc1. The van der Waals surface area contributed by atoms with Crippen LogP contribution in [0.4, 0.5) is 18.9 Å². The van der Waals surface area contributed by atoms with Gasteiger partial charge < -0.3 is 14.6 Å². The lowest BCUT2D eigenvalue weighted by Gasteiger charge is -2.11. The first-order valence-electron chi connectivity index (χ1n) is 8.32. The summed E-state index contributed by atoms with van der Waals surface area (Å²) in [6, 6.07) is 14.7. The van der Waals surface area contributed by atoms with E-state index in [1.165, 1.54) is 0 Å². The lowest BCUT2D eigenvalue weighted by atomic mass is 10.2. The van der Waals surface area contributed by atoms with E-state index in [9.17, 15) is 22.8 Å². The molecule has 29 heavy (non-hydrogen) atoms. The molecule has 5 nitrogen and oxygen atoms in total. The lowest BCUT2D eigenvalue weighted by molar-refractivity contribution is -0.138. The number of nitrogens with one attached hydrogen (secondary N) is 1. The van der Waals surface area contributed by atoms with Crippen LogP contribution in [0.2, 0.25) is 5.02 Å². The molecule has 3 aromatic rings. The average molecular weight is 423 g/mol. The zero-order valence-corrected chi connectivity index (χ0v) is 15.5. The third kappa shape index (κ3) is 5.39. The Morgan fingerprint density at radius 1 is 1.03 bits per heavy atom. The van der Waals surface area contributed by atoms with E-state index in [-0.39, 0.29) is 0 Å². The highest BCUT2D eigenvalue weighted by molar-refractivity contribution is 6.32. The Balaban J connectivity index is 1.66. The molecule has 1 aromatic heterocycles. The van der Waals surface area contributed by atoms with Gasteiger partial charge in [0.1, 0.15) is 18.0 Å². The van der Waals surface area contributed by atoms with Gasteiger partial charge in [-0.05, 0) is 42.5 Å². The minimum absolute atomic E-state index is 0.390. The third-order valence-corrected chi connectivity index (χ3v) is 4.14. The number of hydrogen-bond donors (Lipinski definition) is 1. The number of hydrogen-bond acceptors (Lipinski definition) is 3. The molecule has 0 bridgehead atoms. The van der Waals surface area contributed by atoms with Crippen molar-refractivity contribution in [2.75, 3.05) is 5.32 Å². The van der Waals surface area contributed by atoms with E-state index < -0.39 is 29.8 Å². The van der Waals surface area contributed by atoms with Crippen LogP contribution in [0.25, 0.3) is 0 Å². The van der Waals surface area contributed by atoms with Crippen LogP contribution in [0.1, 0.15) is 5.56 Å². The monoisotopic (exact) mass is 422 g/mol. The summed E-state index contributed by atoms with van der Waals surface area (Å²) >= 11 is 6.02. The van der Waals surface area contributed by atoms with E-state index >= 15 is 0 Å². The predicted molar refractivity (Wildman–Crippen MR) is 102 cm³/mol. The van der Waals surface area contributed by atoms with E-state index in [1.807, 2.05) is 0 Å². The Hall–Kier alpha value is -3.26. The maximum absolute atomic E-state index is 12.8. The summed E-state index contributed by atoms with van der Waals surface area (Å²) in [5.41, 5.74) is -1.33. The minimum Gasteiger partial charge on any atom is -0.456 e. The Labute approximate surface area is 168 Å². The van der Waals surface area contributed by atoms with Gasteiger partial charge in [0.05, 0.1) is 10.6 Å². The Morgan fingerprint density at radius 2 is 1.72 bits per heavy atom. The minimum atomic E-state index is -4.61. The predicted octanol–water partition coefficient (Wildman–Crippen LogP) is 4.95. The van der Waals surface area contributed by atoms with Gasteiger partial charge in [-0.2, -0.15) is 13.2 Å². The van der Waals surface area contributed by atoms with Crippen LogP contribution in [0, 0.1) is 0 Å². The Kier molecular flexibility index (Phi) is 5.93. The number of anilines is 1. The van der Waals surface area contributed by atoms with Crippen molar-refractivity contribution >= 4 is 23.2 Å². The zero-order valence-electron chi connectivity index (χ0n) is 14.7. The number of carbonyl (C=O) groups is 1. The number of pyridine rings is 1. The second-order valence-corrected chi connectivity index (χ2v) is 6.39. The summed E-state index contributed by atoms with van der Waals surface area (Å²) in [4.78, 5) is 23.8. The molecule has 1 N–H and O–H groups in total. The van der Waals surface area contributed by atoms with Crippen molar-refractivity contribution in [1.82, 2.24) is 4.57 Å². The molecular weight excluding hydrogens is 409 g/mol. The number of aromatic nitrogens is 1. The molecule has 0 aliphatic heterocycles. The van der Waals surface area contributed by atoms with Crippen molar-refractivity contribution in [2.24, 2.45) is 0 Å². The fourth-order valence-corrected chi connectivity index (χ4v) is 2.61. The van der Waals surface area contributed by atoms with Crippen molar-refractivity contribution in [3.05, 3.63) is 87.8 Å². The fraction of sp³-hybridized carbons (Fsp3) is 0.100. The van der Waals surface area contributed by atoms with Crippen LogP contribution in [-0.2, 0) is 17.5 Å². The van der Waals surface area contributed by atoms with Crippen molar-refractivity contribution in [1.29, 1.82) is 0 Å². The highest BCUT2D eigenvalue weighted by atomic mass is 35.5. The topological polar surface area (TPSA) is 60.3 Å². The molecule has 0 aliphatic carbocycles. The molecule has 0 radical (unpaired) electrons. The summed E-state index contributed by atoms with van der Waals surface area (Å²) in [6.45, 7) is -0.555. The second kappa shape index (κ2) is 8.40. The molecule has 150 valence electrons. The van der Waals surface area contributed by atoms with Gasteiger partial charge in [-0.3, -0.25) is 9.59 Å². The lowest BCUT2D eigenvalue weighted by Crippen LogP contribution is -2.28. The molecule has 1 amide bonds. The molecule has 0 spiro atoms. The highest BCUT2D eigenvalue weighted by Gasteiger charge is 2.31. The molecule has 2 aromatic carbocycles. The first-order chi connectivity index (χ1) is 13.7. The van der Waals surface area contributed by atoms with Crippen molar-refractivity contribution in [3.63, 3.8) is 0 Å². The van der Waals surface area contributed by atoms with Crippen LogP contribution in [0.15, 0.2) is 71.7 Å². The maximum Gasteiger partial charge on any atom is 0.417 e. The van der Waals surface area contributed by atoms with Gasteiger partial charge in [0.15, 0.2) is 0 Å². The molecule has 0 saturated heterocycles.